The molecule has 2 nitrogen and oxygen atoms in total. The molecule has 0 radical (unpaired) electrons. The van der Waals surface area contributed by atoms with Crippen LogP contribution in [0.2, 0.25) is 0 Å². The maximum absolute atomic E-state index is 9.40. The molecule has 2 N–H and O–H groups in total. The largest absolute Gasteiger partial charge is 0.393 e. The summed E-state index contributed by atoms with van der Waals surface area (Å²) in [5, 5.41) is 18.3. The molecule has 0 aliphatic heterocycles. The average Bonchev–Trinajstić information content (AvgIpc) is 1.60. The third-order valence-electron chi connectivity index (χ3n) is 1.56. The van der Waals surface area contributed by atoms with Crippen LogP contribution in [0.25, 0.3) is 0 Å². The van der Waals surface area contributed by atoms with E-state index in [-0.39, 0.29) is 5.41 Å². The van der Waals surface area contributed by atoms with Gasteiger partial charge in [-0.05, 0) is 18.8 Å². The minimum Gasteiger partial charge on any atom is -0.393 e. The van der Waals surface area contributed by atoms with Gasteiger partial charge in [0.1, 0.15) is 0 Å². The van der Waals surface area contributed by atoms with Crippen LogP contribution in [0.1, 0.15) is 34.1 Å². The summed E-state index contributed by atoms with van der Waals surface area (Å²) >= 11 is 0. The Morgan fingerprint density at radius 1 is 1.20 bits per heavy atom. The third kappa shape index (κ3) is 3.85. The normalized spacial score (nSPS) is 18.6. The molecule has 2 heteroatoms. The molecule has 62 valence electrons. The molecule has 0 aromatic rings. The van der Waals surface area contributed by atoms with E-state index >= 15 is 0 Å². The van der Waals surface area contributed by atoms with Crippen molar-refractivity contribution in [2.45, 2.75) is 46.3 Å². The van der Waals surface area contributed by atoms with Gasteiger partial charge in [0.05, 0.1) is 12.2 Å². The smallest absolute Gasteiger partial charge is 0.0613 e. The maximum Gasteiger partial charge on any atom is 0.0613 e. The van der Waals surface area contributed by atoms with E-state index in [1.807, 2.05) is 20.8 Å². The molecule has 0 aliphatic carbocycles. The second-order valence-electron chi connectivity index (χ2n) is 3.97. The van der Waals surface area contributed by atoms with E-state index in [1.54, 1.807) is 6.92 Å². The van der Waals surface area contributed by atoms with Gasteiger partial charge in [0, 0.05) is 0 Å². The number of hydrogen-bond donors (Lipinski definition) is 2. The van der Waals surface area contributed by atoms with Gasteiger partial charge < -0.3 is 10.2 Å². The van der Waals surface area contributed by atoms with Crippen LogP contribution in [0.3, 0.4) is 0 Å². The van der Waals surface area contributed by atoms with Gasteiger partial charge in [0.25, 0.3) is 0 Å². The molecule has 0 aromatic heterocycles. The van der Waals surface area contributed by atoms with Gasteiger partial charge in [-0.15, -0.1) is 0 Å². The molecule has 0 aromatic carbocycles. The highest BCUT2D eigenvalue weighted by Crippen LogP contribution is 2.22. The molecule has 0 aliphatic rings. The van der Waals surface area contributed by atoms with Crippen LogP contribution < -0.4 is 0 Å². The number of aliphatic hydroxyl groups is 2. The van der Waals surface area contributed by atoms with Crippen LogP contribution in [0.4, 0.5) is 0 Å². The Labute approximate surface area is 62.9 Å². The molecular formula is C8H18O2. The van der Waals surface area contributed by atoms with E-state index in [1.165, 1.54) is 0 Å². The highest BCUT2D eigenvalue weighted by molar-refractivity contribution is 4.73. The lowest BCUT2D eigenvalue weighted by molar-refractivity contribution is 0.0188. The second-order valence-corrected chi connectivity index (χ2v) is 3.97. The first kappa shape index (κ1) is 9.92. The van der Waals surface area contributed by atoms with Gasteiger partial charge in [-0.2, -0.15) is 0 Å². The highest BCUT2D eigenvalue weighted by atomic mass is 16.3. The van der Waals surface area contributed by atoms with Crippen LogP contribution >= 0.6 is 0 Å². The van der Waals surface area contributed by atoms with Gasteiger partial charge in [-0.3, -0.25) is 0 Å². The van der Waals surface area contributed by atoms with Gasteiger partial charge >= 0.3 is 0 Å². The third-order valence-corrected chi connectivity index (χ3v) is 1.56. The van der Waals surface area contributed by atoms with E-state index in [4.69, 9.17) is 5.11 Å². The Bertz CT molecular complexity index is 91.9. The molecule has 0 bridgehead atoms. The van der Waals surface area contributed by atoms with Crippen LogP contribution in [0.5, 0.6) is 0 Å². The van der Waals surface area contributed by atoms with Gasteiger partial charge in [-0.1, -0.05) is 20.8 Å². The topological polar surface area (TPSA) is 40.5 Å². The van der Waals surface area contributed by atoms with Crippen molar-refractivity contribution in [3.8, 4) is 0 Å². The van der Waals surface area contributed by atoms with Crippen molar-refractivity contribution in [3.63, 3.8) is 0 Å². The van der Waals surface area contributed by atoms with Crippen LogP contribution in [-0.4, -0.2) is 22.4 Å². The van der Waals surface area contributed by atoms with Crippen molar-refractivity contribution >= 4 is 0 Å². The molecule has 0 spiro atoms. The van der Waals surface area contributed by atoms with E-state index in [9.17, 15) is 5.11 Å². The van der Waals surface area contributed by atoms with Gasteiger partial charge in [0.2, 0.25) is 0 Å². The zero-order chi connectivity index (χ0) is 8.36. The Morgan fingerprint density at radius 2 is 1.60 bits per heavy atom. The molecule has 0 saturated heterocycles. The monoisotopic (exact) mass is 146 g/mol. The average molecular weight is 146 g/mol. The Morgan fingerprint density at radius 3 is 1.70 bits per heavy atom. The number of hydrogen-bond acceptors (Lipinski definition) is 2. The van der Waals surface area contributed by atoms with Crippen molar-refractivity contribution in [1.29, 1.82) is 0 Å². The van der Waals surface area contributed by atoms with Crippen LogP contribution in [0, 0.1) is 5.41 Å². The summed E-state index contributed by atoms with van der Waals surface area (Å²) in [6.45, 7) is 7.56. The first-order chi connectivity index (χ1) is 4.34. The maximum atomic E-state index is 9.40. The molecule has 0 unspecified atom stereocenters. The Balaban J connectivity index is 3.73. The van der Waals surface area contributed by atoms with Crippen LogP contribution in [-0.2, 0) is 0 Å². The van der Waals surface area contributed by atoms with Crippen molar-refractivity contribution in [3.05, 3.63) is 0 Å². The molecular weight excluding hydrogens is 128 g/mol. The fourth-order valence-corrected chi connectivity index (χ4v) is 0.677. The van der Waals surface area contributed by atoms with E-state index in [0.29, 0.717) is 6.42 Å². The summed E-state index contributed by atoms with van der Waals surface area (Å²) < 4.78 is 0. The van der Waals surface area contributed by atoms with Crippen molar-refractivity contribution in [2.24, 2.45) is 5.41 Å². The number of aliphatic hydroxyl groups excluding tert-OH is 2. The lowest BCUT2D eigenvalue weighted by atomic mass is 9.86. The van der Waals surface area contributed by atoms with E-state index < -0.39 is 12.2 Å². The lowest BCUT2D eigenvalue weighted by Gasteiger charge is -2.26. The zero-order valence-corrected chi connectivity index (χ0v) is 7.26. The lowest BCUT2D eigenvalue weighted by Crippen LogP contribution is -2.29. The Hall–Kier alpha value is -0.0800. The number of rotatable bonds is 2. The minimum atomic E-state index is -0.410. The standard InChI is InChI=1S/C8H18O2/c1-6(9)5-7(10)8(2,3)4/h6-7,9-10H,5H2,1-4H3/t6-,7+/m1/s1. The molecule has 10 heavy (non-hydrogen) atoms. The van der Waals surface area contributed by atoms with Gasteiger partial charge in [0.15, 0.2) is 0 Å². The fraction of sp³-hybridized carbons (Fsp3) is 1.00. The predicted octanol–water partition coefficient (Wildman–Crippen LogP) is 1.16. The molecule has 0 heterocycles. The van der Waals surface area contributed by atoms with E-state index in [0.717, 1.165) is 0 Å². The fourth-order valence-electron chi connectivity index (χ4n) is 0.677. The van der Waals surface area contributed by atoms with Crippen LogP contribution in [0.15, 0.2) is 0 Å². The van der Waals surface area contributed by atoms with E-state index in [2.05, 4.69) is 0 Å². The van der Waals surface area contributed by atoms with Crippen molar-refractivity contribution < 1.29 is 10.2 Å². The summed E-state index contributed by atoms with van der Waals surface area (Å²) in [6.07, 6.45) is -0.356. The molecule has 0 saturated carbocycles. The summed E-state index contributed by atoms with van der Waals surface area (Å²) in [7, 11) is 0. The first-order valence-corrected chi connectivity index (χ1v) is 3.70. The summed E-state index contributed by atoms with van der Waals surface area (Å²) in [6, 6.07) is 0. The molecule has 0 rings (SSSR count). The first-order valence-electron chi connectivity index (χ1n) is 3.70. The molecule has 2 atom stereocenters. The molecule has 0 amide bonds. The predicted molar refractivity (Wildman–Crippen MR) is 41.8 cm³/mol. The summed E-state index contributed by atoms with van der Waals surface area (Å²) in [4.78, 5) is 0. The zero-order valence-electron chi connectivity index (χ0n) is 7.26. The Kier molecular flexibility index (Phi) is 3.33. The van der Waals surface area contributed by atoms with Crippen molar-refractivity contribution in [1.82, 2.24) is 0 Å². The molecule has 0 fully saturated rings. The van der Waals surface area contributed by atoms with Gasteiger partial charge in [-0.25, -0.2) is 0 Å². The van der Waals surface area contributed by atoms with Crippen molar-refractivity contribution in [2.75, 3.05) is 0 Å². The quantitative estimate of drug-likeness (QED) is 0.614. The highest BCUT2D eigenvalue weighted by Gasteiger charge is 2.22. The minimum absolute atomic E-state index is 0.114. The SMILES string of the molecule is C[C@@H](O)C[C@H](O)C(C)(C)C. The summed E-state index contributed by atoms with van der Waals surface area (Å²) in [5.74, 6) is 0. The summed E-state index contributed by atoms with van der Waals surface area (Å²) in [5.41, 5.74) is -0.114. The second kappa shape index (κ2) is 3.35.